The molecule has 4 heteroatoms. The van der Waals surface area contributed by atoms with E-state index in [-0.39, 0.29) is 5.54 Å². The van der Waals surface area contributed by atoms with Crippen LogP contribution in [0.15, 0.2) is 18.2 Å². The van der Waals surface area contributed by atoms with Gasteiger partial charge in [-0.05, 0) is 46.2 Å². The lowest BCUT2D eigenvalue weighted by atomic mass is 10.00. The Morgan fingerprint density at radius 1 is 1.33 bits per heavy atom. The molecular formula is C17H29N3O. The molecule has 0 radical (unpaired) electrons. The Morgan fingerprint density at radius 2 is 2.14 bits per heavy atom. The standard InChI is InChI=1S/C17H29N3O/c1-17(2,3)18-12-15-9-5-6-11-20(15)13-14-8-7-10-16(19-14)21-4/h7-8,10,15,18H,5-6,9,11-13H2,1-4H3. The van der Waals surface area contributed by atoms with Gasteiger partial charge in [-0.15, -0.1) is 0 Å². The topological polar surface area (TPSA) is 37.4 Å². The van der Waals surface area contributed by atoms with E-state index in [1.54, 1.807) is 7.11 Å². The Morgan fingerprint density at radius 3 is 2.86 bits per heavy atom. The molecule has 4 nitrogen and oxygen atoms in total. The van der Waals surface area contributed by atoms with Crippen molar-refractivity contribution in [2.75, 3.05) is 20.2 Å². The fraction of sp³-hybridized carbons (Fsp3) is 0.706. The smallest absolute Gasteiger partial charge is 0.213 e. The molecule has 1 fully saturated rings. The van der Waals surface area contributed by atoms with Crippen molar-refractivity contribution in [3.63, 3.8) is 0 Å². The van der Waals surface area contributed by atoms with Crippen LogP contribution in [-0.4, -0.2) is 41.7 Å². The Kier molecular flexibility index (Phi) is 5.59. The van der Waals surface area contributed by atoms with E-state index < -0.39 is 0 Å². The molecule has 118 valence electrons. The van der Waals surface area contributed by atoms with Crippen LogP contribution >= 0.6 is 0 Å². The number of pyridine rings is 1. The summed E-state index contributed by atoms with van der Waals surface area (Å²) < 4.78 is 5.22. The van der Waals surface area contributed by atoms with Gasteiger partial charge in [-0.3, -0.25) is 4.90 Å². The summed E-state index contributed by atoms with van der Waals surface area (Å²) in [6.45, 7) is 9.80. The van der Waals surface area contributed by atoms with E-state index in [1.807, 2.05) is 12.1 Å². The van der Waals surface area contributed by atoms with Crippen molar-refractivity contribution in [2.45, 2.75) is 58.2 Å². The maximum absolute atomic E-state index is 5.22. The van der Waals surface area contributed by atoms with Gasteiger partial charge in [0.15, 0.2) is 0 Å². The summed E-state index contributed by atoms with van der Waals surface area (Å²) in [5.41, 5.74) is 1.27. The number of ether oxygens (including phenoxy) is 1. The summed E-state index contributed by atoms with van der Waals surface area (Å²) in [6.07, 6.45) is 3.89. The molecule has 2 rings (SSSR count). The van der Waals surface area contributed by atoms with Gasteiger partial charge in [0.25, 0.3) is 0 Å². The second-order valence-corrected chi connectivity index (χ2v) is 6.92. The molecule has 0 aliphatic carbocycles. The van der Waals surface area contributed by atoms with Crippen molar-refractivity contribution in [1.82, 2.24) is 15.2 Å². The van der Waals surface area contributed by atoms with E-state index in [2.05, 4.69) is 42.0 Å². The maximum Gasteiger partial charge on any atom is 0.213 e. The molecule has 0 aromatic carbocycles. The zero-order chi connectivity index (χ0) is 15.3. The molecule has 0 amide bonds. The Hall–Kier alpha value is -1.13. The van der Waals surface area contributed by atoms with Crippen LogP contribution in [-0.2, 0) is 6.54 Å². The minimum absolute atomic E-state index is 0.178. The average molecular weight is 291 g/mol. The van der Waals surface area contributed by atoms with Gasteiger partial charge in [0, 0.05) is 30.7 Å². The first-order valence-corrected chi connectivity index (χ1v) is 7.97. The van der Waals surface area contributed by atoms with Crippen LogP contribution in [0.2, 0.25) is 0 Å². The van der Waals surface area contributed by atoms with E-state index in [9.17, 15) is 0 Å². The number of piperidine rings is 1. The summed E-state index contributed by atoms with van der Waals surface area (Å²) in [5.74, 6) is 0.703. The molecule has 1 atom stereocenters. The maximum atomic E-state index is 5.22. The Labute approximate surface area is 128 Å². The quantitative estimate of drug-likeness (QED) is 0.905. The number of nitrogens with one attached hydrogen (secondary N) is 1. The first kappa shape index (κ1) is 16.2. The van der Waals surface area contributed by atoms with Crippen LogP contribution in [0.1, 0.15) is 45.7 Å². The second-order valence-electron chi connectivity index (χ2n) is 6.92. The number of methoxy groups -OCH3 is 1. The van der Waals surface area contributed by atoms with Crippen molar-refractivity contribution < 1.29 is 4.74 Å². The molecule has 1 saturated heterocycles. The second kappa shape index (κ2) is 7.23. The van der Waals surface area contributed by atoms with E-state index in [0.29, 0.717) is 11.9 Å². The van der Waals surface area contributed by atoms with Crippen LogP contribution < -0.4 is 10.1 Å². The van der Waals surface area contributed by atoms with Crippen LogP contribution in [0, 0.1) is 0 Å². The van der Waals surface area contributed by atoms with Crippen LogP contribution in [0.5, 0.6) is 5.88 Å². The molecule has 1 N–H and O–H groups in total. The highest BCUT2D eigenvalue weighted by Crippen LogP contribution is 2.20. The molecule has 0 saturated carbocycles. The summed E-state index contributed by atoms with van der Waals surface area (Å²) in [5, 5.41) is 3.64. The lowest BCUT2D eigenvalue weighted by Crippen LogP contribution is -2.49. The number of likely N-dealkylation sites (tertiary alicyclic amines) is 1. The first-order valence-electron chi connectivity index (χ1n) is 7.97. The fourth-order valence-corrected chi connectivity index (χ4v) is 2.79. The van der Waals surface area contributed by atoms with Crippen molar-refractivity contribution in [2.24, 2.45) is 0 Å². The number of aromatic nitrogens is 1. The largest absolute Gasteiger partial charge is 0.481 e. The Balaban J connectivity index is 1.97. The number of rotatable bonds is 5. The van der Waals surface area contributed by atoms with Gasteiger partial charge in [0.1, 0.15) is 0 Å². The summed E-state index contributed by atoms with van der Waals surface area (Å²) in [6, 6.07) is 6.61. The molecular weight excluding hydrogens is 262 g/mol. The molecule has 2 heterocycles. The molecule has 1 aromatic rings. The summed E-state index contributed by atoms with van der Waals surface area (Å²) >= 11 is 0. The highest BCUT2D eigenvalue weighted by Gasteiger charge is 2.24. The van der Waals surface area contributed by atoms with Gasteiger partial charge in [0.2, 0.25) is 5.88 Å². The zero-order valence-electron chi connectivity index (χ0n) is 13.9. The number of hydrogen-bond donors (Lipinski definition) is 1. The van der Waals surface area contributed by atoms with Crippen LogP contribution in [0.4, 0.5) is 0 Å². The minimum Gasteiger partial charge on any atom is -0.481 e. The molecule has 1 unspecified atom stereocenters. The molecule has 0 bridgehead atoms. The predicted octanol–water partition coefficient (Wildman–Crippen LogP) is 2.83. The number of nitrogens with zero attached hydrogens (tertiary/aromatic N) is 2. The highest BCUT2D eigenvalue weighted by molar-refractivity contribution is 5.15. The van der Waals surface area contributed by atoms with Gasteiger partial charge in [0.05, 0.1) is 12.8 Å². The third-order valence-electron chi connectivity index (χ3n) is 3.97. The van der Waals surface area contributed by atoms with Crippen molar-refractivity contribution in [3.8, 4) is 5.88 Å². The third kappa shape index (κ3) is 5.29. The highest BCUT2D eigenvalue weighted by atomic mass is 16.5. The number of hydrogen-bond acceptors (Lipinski definition) is 4. The van der Waals surface area contributed by atoms with Crippen LogP contribution in [0.3, 0.4) is 0 Å². The molecule has 1 aliphatic heterocycles. The average Bonchev–Trinajstić information content (AvgIpc) is 2.46. The van der Waals surface area contributed by atoms with Crippen molar-refractivity contribution in [3.05, 3.63) is 23.9 Å². The van der Waals surface area contributed by atoms with Gasteiger partial charge in [-0.1, -0.05) is 12.5 Å². The molecule has 0 spiro atoms. The van der Waals surface area contributed by atoms with Gasteiger partial charge in [-0.25, -0.2) is 4.98 Å². The van der Waals surface area contributed by atoms with E-state index in [1.165, 1.54) is 19.3 Å². The van der Waals surface area contributed by atoms with Crippen LogP contribution in [0.25, 0.3) is 0 Å². The summed E-state index contributed by atoms with van der Waals surface area (Å²) in [4.78, 5) is 7.10. The van der Waals surface area contributed by atoms with Gasteiger partial charge >= 0.3 is 0 Å². The van der Waals surface area contributed by atoms with E-state index in [4.69, 9.17) is 4.74 Å². The van der Waals surface area contributed by atoms with E-state index in [0.717, 1.165) is 25.3 Å². The lowest BCUT2D eigenvalue weighted by molar-refractivity contribution is 0.129. The fourth-order valence-electron chi connectivity index (χ4n) is 2.79. The lowest BCUT2D eigenvalue weighted by Gasteiger charge is -2.37. The Bertz CT molecular complexity index is 442. The van der Waals surface area contributed by atoms with Crippen molar-refractivity contribution >= 4 is 0 Å². The van der Waals surface area contributed by atoms with Crippen molar-refractivity contribution in [1.29, 1.82) is 0 Å². The first-order chi connectivity index (χ1) is 9.98. The molecule has 1 aromatic heterocycles. The normalized spacial score (nSPS) is 20.5. The minimum atomic E-state index is 0.178. The van der Waals surface area contributed by atoms with Gasteiger partial charge in [-0.2, -0.15) is 0 Å². The molecule has 21 heavy (non-hydrogen) atoms. The zero-order valence-corrected chi connectivity index (χ0v) is 13.9. The monoisotopic (exact) mass is 291 g/mol. The predicted molar refractivity (Wildman–Crippen MR) is 86.6 cm³/mol. The summed E-state index contributed by atoms with van der Waals surface area (Å²) in [7, 11) is 1.67. The SMILES string of the molecule is COc1cccc(CN2CCCCC2CNC(C)(C)C)n1. The third-order valence-corrected chi connectivity index (χ3v) is 3.97. The molecule has 1 aliphatic rings. The van der Waals surface area contributed by atoms with E-state index >= 15 is 0 Å². The van der Waals surface area contributed by atoms with Gasteiger partial charge < -0.3 is 10.1 Å².